The van der Waals surface area contributed by atoms with Gasteiger partial charge in [0.15, 0.2) is 0 Å². The van der Waals surface area contributed by atoms with Crippen molar-refractivity contribution in [1.29, 1.82) is 0 Å². The first-order chi connectivity index (χ1) is 12.1. The number of benzene rings is 1. The Hall–Kier alpha value is -1.55. The third-order valence-electron chi connectivity index (χ3n) is 4.34. The van der Waals surface area contributed by atoms with Crippen LogP contribution in [0.25, 0.3) is 0 Å². The Labute approximate surface area is 171 Å². The summed E-state index contributed by atoms with van der Waals surface area (Å²) < 4.78 is 5.31. The van der Waals surface area contributed by atoms with Gasteiger partial charge in [-0.25, -0.2) is 0 Å². The molecule has 1 aliphatic rings. The monoisotopic (exact) mass is 477 g/mol. The van der Waals surface area contributed by atoms with Crippen molar-refractivity contribution in [2.75, 3.05) is 32.2 Å². The highest BCUT2D eigenvalue weighted by Gasteiger charge is 2.19. The van der Waals surface area contributed by atoms with Crippen LogP contribution in [-0.4, -0.2) is 32.4 Å². The van der Waals surface area contributed by atoms with Crippen molar-refractivity contribution >= 4 is 29.7 Å². The topological polar surface area (TPSA) is 76.9 Å². The van der Waals surface area contributed by atoms with Gasteiger partial charge in [-0.15, -0.1) is 34.1 Å². The first-order valence-electron chi connectivity index (χ1n) is 8.71. The van der Waals surface area contributed by atoms with Gasteiger partial charge < -0.3 is 19.8 Å². The molecule has 7 nitrogen and oxygen atoms in total. The molecule has 26 heavy (non-hydrogen) atoms. The summed E-state index contributed by atoms with van der Waals surface area (Å²) in [5.41, 5.74) is 2.41. The predicted octanol–water partition coefficient (Wildman–Crippen LogP) is 4.07. The van der Waals surface area contributed by atoms with Crippen LogP contribution in [0.5, 0.6) is 5.75 Å². The first kappa shape index (κ1) is 22.5. The lowest BCUT2D eigenvalue weighted by Crippen LogP contribution is -2.26. The average molecular weight is 477 g/mol. The maximum Gasteiger partial charge on any atom is 0.294 e. The van der Waals surface area contributed by atoms with E-state index >= 15 is 0 Å². The molecule has 1 atom stereocenters. The van der Waals surface area contributed by atoms with E-state index in [0.717, 1.165) is 50.1 Å². The number of halogens is 1. The molecule has 0 amide bonds. The number of nitrogens with zero attached hydrogens (tertiary/aromatic N) is 2. The quantitative estimate of drug-likeness (QED) is 0.224. The van der Waals surface area contributed by atoms with E-state index in [9.17, 15) is 10.1 Å². The number of fused-ring (bicyclic) bond motifs is 1. The molecule has 1 heterocycles. The van der Waals surface area contributed by atoms with E-state index in [4.69, 9.17) is 4.74 Å². The van der Waals surface area contributed by atoms with Crippen molar-refractivity contribution in [1.82, 2.24) is 5.32 Å². The summed E-state index contributed by atoms with van der Waals surface area (Å²) in [6.07, 6.45) is 9.21. The Bertz CT molecular complexity index is 598. The molecule has 0 fully saturated rings. The van der Waals surface area contributed by atoms with Gasteiger partial charge in [-0.1, -0.05) is 25.3 Å². The minimum absolute atomic E-state index is 0. The zero-order chi connectivity index (χ0) is 18.1. The summed E-state index contributed by atoms with van der Waals surface area (Å²) in [5, 5.41) is 12.9. The Kier molecular flexibility index (Phi) is 10.3. The molecule has 1 unspecified atom stereocenters. The summed E-state index contributed by atoms with van der Waals surface area (Å²) in [6.45, 7) is 1.14. The number of hydrogen-bond donors (Lipinski definition) is 1. The lowest BCUT2D eigenvalue weighted by Gasteiger charge is -2.29. The highest BCUT2D eigenvalue weighted by atomic mass is 127. The van der Waals surface area contributed by atoms with Crippen LogP contribution >= 0.6 is 24.0 Å². The molecule has 0 saturated heterocycles. The van der Waals surface area contributed by atoms with Gasteiger partial charge in [-0.05, 0) is 37.1 Å². The SMILES string of the molecule is COc1ccc2c(c1)N(C)C=CC2NCCCCCCCO[N+](=O)[O-].I. The number of methoxy groups -OCH3 is 1. The maximum absolute atomic E-state index is 10.0. The largest absolute Gasteiger partial charge is 0.497 e. The number of unbranched alkanes of at least 4 members (excludes halogenated alkanes) is 4. The van der Waals surface area contributed by atoms with Crippen LogP contribution < -0.4 is 15.0 Å². The van der Waals surface area contributed by atoms with Gasteiger partial charge in [0.25, 0.3) is 5.09 Å². The Morgan fingerprint density at radius 1 is 1.23 bits per heavy atom. The molecule has 1 N–H and O–H groups in total. The number of rotatable bonds is 11. The minimum atomic E-state index is -0.730. The van der Waals surface area contributed by atoms with E-state index < -0.39 is 5.09 Å². The molecule has 0 saturated carbocycles. The van der Waals surface area contributed by atoms with Crippen LogP contribution in [0.3, 0.4) is 0 Å². The number of hydrogen-bond acceptors (Lipinski definition) is 6. The van der Waals surface area contributed by atoms with Gasteiger partial charge in [-0.2, -0.15) is 0 Å². The fourth-order valence-electron chi connectivity index (χ4n) is 2.95. The van der Waals surface area contributed by atoms with Crippen LogP contribution in [0.15, 0.2) is 30.5 Å². The van der Waals surface area contributed by atoms with E-state index in [1.165, 1.54) is 5.56 Å². The number of anilines is 1. The summed E-state index contributed by atoms with van der Waals surface area (Å²) in [5.74, 6) is 0.862. The van der Waals surface area contributed by atoms with Crippen molar-refractivity contribution < 1.29 is 14.7 Å². The highest BCUT2D eigenvalue weighted by molar-refractivity contribution is 14.0. The lowest BCUT2D eigenvalue weighted by molar-refractivity contribution is -0.757. The second-order valence-electron chi connectivity index (χ2n) is 6.13. The minimum Gasteiger partial charge on any atom is -0.497 e. The van der Waals surface area contributed by atoms with E-state index in [1.54, 1.807) is 7.11 Å². The van der Waals surface area contributed by atoms with Crippen molar-refractivity contribution in [3.8, 4) is 5.75 Å². The van der Waals surface area contributed by atoms with Gasteiger partial charge in [0.05, 0.1) is 19.8 Å². The molecular formula is C18H28IN3O4. The van der Waals surface area contributed by atoms with Crippen LogP contribution in [0.2, 0.25) is 0 Å². The molecule has 1 aromatic carbocycles. The molecule has 146 valence electrons. The van der Waals surface area contributed by atoms with Gasteiger partial charge in [-0.3, -0.25) is 0 Å². The fourth-order valence-corrected chi connectivity index (χ4v) is 2.95. The number of ether oxygens (including phenoxy) is 1. The van der Waals surface area contributed by atoms with Crippen LogP contribution in [0.4, 0.5) is 5.69 Å². The zero-order valence-corrected chi connectivity index (χ0v) is 17.7. The molecule has 1 aromatic rings. The van der Waals surface area contributed by atoms with Crippen molar-refractivity contribution in [2.45, 2.75) is 38.1 Å². The van der Waals surface area contributed by atoms with Crippen molar-refractivity contribution in [2.24, 2.45) is 0 Å². The van der Waals surface area contributed by atoms with Gasteiger partial charge >= 0.3 is 0 Å². The first-order valence-corrected chi connectivity index (χ1v) is 8.71. The standard InChI is InChI=1S/C18H27N3O4.HI/c1-20-12-10-17(16-9-8-15(24-2)14-18(16)20)19-11-6-4-3-5-7-13-25-21(22)23;/h8-10,12,14,17,19H,3-7,11,13H2,1-2H3;1H. The fraction of sp³-hybridized carbons (Fsp3) is 0.556. The molecule has 8 heteroatoms. The molecule has 0 aliphatic carbocycles. The normalized spacial score (nSPS) is 15.2. The second kappa shape index (κ2) is 11.9. The molecule has 0 bridgehead atoms. The van der Waals surface area contributed by atoms with E-state index in [1.807, 2.05) is 13.1 Å². The van der Waals surface area contributed by atoms with Gasteiger partial charge in [0.1, 0.15) is 5.75 Å². The maximum atomic E-state index is 10.0. The van der Waals surface area contributed by atoms with Crippen LogP contribution in [0.1, 0.15) is 43.7 Å². The molecule has 1 aliphatic heterocycles. The van der Waals surface area contributed by atoms with Gasteiger partial charge in [0.2, 0.25) is 0 Å². The van der Waals surface area contributed by atoms with Gasteiger partial charge in [0, 0.05) is 25.0 Å². The Morgan fingerprint density at radius 3 is 2.69 bits per heavy atom. The predicted molar refractivity (Wildman–Crippen MR) is 113 cm³/mol. The van der Waals surface area contributed by atoms with E-state index in [-0.39, 0.29) is 36.6 Å². The molecule has 0 radical (unpaired) electrons. The van der Waals surface area contributed by atoms with E-state index in [0.29, 0.717) is 0 Å². The van der Waals surface area contributed by atoms with Crippen molar-refractivity contribution in [3.63, 3.8) is 0 Å². The molecular weight excluding hydrogens is 449 g/mol. The summed E-state index contributed by atoms with van der Waals surface area (Å²) in [4.78, 5) is 16.4. The summed E-state index contributed by atoms with van der Waals surface area (Å²) in [6, 6.07) is 6.38. The molecule has 0 aromatic heterocycles. The van der Waals surface area contributed by atoms with E-state index in [2.05, 4.69) is 39.5 Å². The third kappa shape index (κ3) is 6.99. The molecule has 0 spiro atoms. The van der Waals surface area contributed by atoms with Crippen molar-refractivity contribution in [3.05, 3.63) is 46.2 Å². The second-order valence-corrected chi connectivity index (χ2v) is 6.13. The molecule has 2 rings (SSSR count). The number of nitrogens with one attached hydrogen (secondary N) is 1. The summed E-state index contributed by atoms with van der Waals surface area (Å²) >= 11 is 0. The van der Waals surface area contributed by atoms with Crippen LogP contribution in [0, 0.1) is 10.1 Å². The van der Waals surface area contributed by atoms with Crippen LogP contribution in [-0.2, 0) is 4.84 Å². The Balaban J connectivity index is 0.00000338. The zero-order valence-electron chi connectivity index (χ0n) is 15.3. The highest BCUT2D eigenvalue weighted by Crippen LogP contribution is 2.34. The summed E-state index contributed by atoms with van der Waals surface area (Å²) in [7, 11) is 3.72. The Morgan fingerprint density at radius 2 is 1.96 bits per heavy atom. The third-order valence-corrected chi connectivity index (χ3v) is 4.34. The lowest BCUT2D eigenvalue weighted by atomic mass is 10.0. The average Bonchev–Trinajstić information content (AvgIpc) is 2.61. The smallest absolute Gasteiger partial charge is 0.294 e.